The number of benzene rings is 3. The molecule has 0 bridgehead atoms. The lowest BCUT2D eigenvalue weighted by Gasteiger charge is -2.13. The van der Waals surface area contributed by atoms with Gasteiger partial charge < -0.3 is 15.4 Å². The lowest BCUT2D eigenvalue weighted by atomic mass is 10.2. The Morgan fingerprint density at radius 3 is 2.26 bits per heavy atom. The average Bonchev–Trinajstić information content (AvgIpc) is 2.79. The number of rotatable bonds is 7. The maximum atomic E-state index is 12.5. The van der Waals surface area contributed by atoms with Crippen LogP contribution in [0, 0.1) is 0 Å². The van der Waals surface area contributed by atoms with Crippen molar-refractivity contribution in [2.75, 3.05) is 10.6 Å². The van der Waals surface area contributed by atoms with Crippen LogP contribution >= 0.6 is 35.4 Å². The van der Waals surface area contributed by atoms with Crippen molar-refractivity contribution in [1.29, 1.82) is 0 Å². The fourth-order valence-corrected chi connectivity index (χ4v) is 3.59. The summed E-state index contributed by atoms with van der Waals surface area (Å²) in [6.45, 7) is 4.03. The molecule has 3 rings (SSSR count). The minimum atomic E-state index is -0.379. The van der Waals surface area contributed by atoms with Crippen molar-refractivity contribution >= 4 is 63.7 Å². The second-order valence-electron chi connectivity index (χ2n) is 7.43. The van der Waals surface area contributed by atoms with Crippen molar-refractivity contribution in [3.8, 4) is 5.75 Å². The standard InChI is InChI=1S/C25H23Cl2N3O3S/c1-3-15(2)33-20-10-7-16(8-11-20)23(31)30-25(34)29-19-6-4-5-18(14-19)28-24(32)21-12-9-17(26)13-22(21)27/h4-15H,3H2,1-2H3,(H,28,32)(H2,29,30,31,34). The highest BCUT2D eigenvalue weighted by Crippen LogP contribution is 2.23. The van der Waals surface area contributed by atoms with Crippen molar-refractivity contribution in [1.82, 2.24) is 5.32 Å². The summed E-state index contributed by atoms with van der Waals surface area (Å²) in [5.74, 6) is -0.0322. The number of thiocarbonyl (C=S) groups is 1. The Labute approximate surface area is 213 Å². The Morgan fingerprint density at radius 2 is 1.62 bits per heavy atom. The predicted octanol–water partition coefficient (Wildman–Crippen LogP) is 6.55. The smallest absolute Gasteiger partial charge is 0.257 e. The van der Waals surface area contributed by atoms with Crippen LogP contribution in [0.4, 0.5) is 11.4 Å². The molecule has 0 aliphatic carbocycles. The molecule has 0 aromatic heterocycles. The molecule has 0 heterocycles. The summed E-state index contributed by atoms with van der Waals surface area (Å²) in [6.07, 6.45) is 0.988. The third-order valence-electron chi connectivity index (χ3n) is 4.81. The fourth-order valence-electron chi connectivity index (χ4n) is 2.88. The van der Waals surface area contributed by atoms with Crippen LogP contribution in [0.5, 0.6) is 5.75 Å². The molecule has 3 N–H and O–H groups in total. The van der Waals surface area contributed by atoms with E-state index >= 15 is 0 Å². The molecule has 1 unspecified atom stereocenters. The summed E-state index contributed by atoms with van der Waals surface area (Å²) in [6, 6.07) is 18.4. The molecule has 0 saturated carbocycles. The average molecular weight is 516 g/mol. The van der Waals surface area contributed by atoms with Crippen LogP contribution in [0.25, 0.3) is 0 Å². The number of carbonyl (C=O) groups is 2. The summed E-state index contributed by atoms with van der Waals surface area (Å²) in [7, 11) is 0. The Morgan fingerprint density at radius 1 is 0.941 bits per heavy atom. The molecule has 2 amide bonds. The monoisotopic (exact) mass is 515 g/mol. The van der Waals surface area contributed by atoms with Crippen molar-refractivity contribution in [3.63, 3.8) is 0 Å². The molecular formula is C25H23Cl2N3O3S. The summed E-state index contributed by atoms with van der Waals surface area (Å²) in [4.78, 5) is 25.0. The molecular weight excluding hydrogens is 493 g/mol. The van der Waals surface area contributed by atoms with E-state index in [9.17, 15) is 9.59 Å². The highest BCUT2D eigenvalue weighted by Gasteiger charge is 2.12. The van der Waals surface area contributed by atoms with E-state index in [2.05, 4.69) is 16.0 Å². The van der Waals surface area contributed by atoms with E-state index in [0.717, 1.165) is 6.42 Å². The van der Waals surface area contributed by atoms with Crippen LogP contribution in [0.15, 0.2) is 66.7 Å². The SMILES string of the molecule is CCC(C)Oc1ccc(C(=O)NC(=S)Nc2cccc(NC(=O)c3ccc(Cl)cc3Cl)c2)cc1. The fraction of sp³-hybridized carbons (Fsp3) is 0.160. The van der Waals surface area contributed by atoms with Crippen LogP contribution in [-0.2, 0) is 0 Å². The molecule has 34 heavy (non-hydrogen) atoms. The van der Waals surface area contributed by atoms with Crippen molar-refractivity contribution < 1.29 is 14.3 Å². The van der Waals surface area contributed by atoms with Gasteiger partial charge in [-0.05, 0) is 86.2 Å². The number of carbonyl (C=O) groups excluding carboxylic acids is 2. The van der Waals surface area contributed by atoms with E-state index in [1.165, 1.54) is 6.07 Å². The van der Waals surface area contributed by atoms with Gasteiger partial charge in [0.1, 0.15) is 5.75 Å². The van der Waals surface area contributed by atoms with E-state index in [0.29, 0.717) is 33.3 Å². The van der Waals surface area contributed by atoms with E-state index in [4.69, 9.17) is 40.2 Å². The molecule has 3 aromatic rings. The van der Waals surface area contributed by atoms with Crippen molar-refractivity contribution in [2.24, 2.45) is 0 Å². The van der Waals surface area contributed by atoms with E-state index in [-0.39, 0.29) is 28.1 Å². The number of halogens is 2. The lowest BCUT2D eigenvalue weighted by molar-refractivity contribution is 0.0976. The molecule has 176 valence electrons. The third-order valence-corrected chi connectivity index (χ3v) is 5.56. The number of anilines is 2. The number of hydrogen-bond acceptors (Lipinski definition) is 4. The van der Waals surface area contributed by atoms with Crippen LogP contribution < -0.4 is 20.7 Å². The molecule has 3 aromatic carbocycles. The maximum absolute atomic E-state index is 12.5. The van der Waals surface area contributed by atoms with Gasteiger partial charge in [0.25, 0.3) is 11.8 Å². The number of amides is 2. The first kappa shape index (κ1) is 25.5. The Hall–Kier alpha value is -3.13. The van der Waals surface area contributed by atoms with Gasteiger partial charge in [0, 0.05) is 22.0 Å². The summed E-state index contributed by atoms with van der Waals surface area (Å²) < 4.78 is 5.72. The molecule has 9 heteroatoms. The first-order valence-corrected chi connectivity index (χ1v) is 11.7. The molecule has 0 radical (unpaired) electrons. The maximum Gasteiger partial charge on any atom is 0.257 e. The molecule has 0 fully saturated rings. The Bertz CT molecular complexity index is 1200. The predicted molar refractivity (Wildman–Crippen MR) is 141 cm³/mol. The lowest BCUT2D eigenvalue weighted by Crippen LogP contribution is -2.34. The minimum Gasteiger partial charge on any atom is -0.491 e. The second kappa shape index (κ2) is 11.8. The van der Waals surface area contributed by atoms with Crippen LogP contribution in [0.2, 0.25) is 10.0 Å². The number of nitrogens with one attached hydrogen (secondary N) is 3. The first-order chi connectivity index (χ1) is 16.2. The zero-order chi connectivity index (χ0) is 24.7. The van der Waals surface area contributed by atoms with Gasteiger partial charge in [-0.1, -0.05) is 36.2 Å². The highest BCUT2D eigenvalue weighted by molar-refractivity contribution is 7.80. The molecule has 0 aliphatic heterocycles. The summed E-state index contributed by atoms with van der Waals surface area (Å²) >= 11 is 17.3. The number of hydrogen-bond donors (Lipinski definition) is 3. The molecule has 0 saturated heterocycles. The summed E-state index contributed by atoms with van der Waals surface area (Å²) in [5.41, 5.74) is 1.85. The normalized spacial score (nSPS) is 11.3. The van der Waals surface area contributed by atoms with Gasteiger partial charge in [-0.15, -0.1) is 0 Å². The highest BCUT2D eigenvalue weighted by atomic mass is 35.5. The topological polar surface area (TPSA) is 79.5 Å². The third kappa shape index (κ3) is 7.18. The Kier molecular flexibility index (Phi) is 8.87. The van der Waals surface area contributed by atoms with Crippen LogP contribution in [0.3, 0.4) is 0 Å². The second-order valence-corrected chi connectivity index (χ2v) is 8.68. The molecule has 0 spiro atoms. The number of ether oxygens (including phenoxy) is 1. The largest absolute Gasteiger partial charge is 0.491 e. The minimum absolute atomic E-state index is 0.0974. The first-order valence-electron chi connectivity index (χ1n) is 10.5. The van der Waals surface area contributed by atoms with Gasteiger partial charge >= 0.3 is 0 Å². The van der Waals surface area contributed by atoms with Gasteiger partial charge in [-0.3, -0.25) is 14.9 Å². The zero-order valence-electron chi connectivity index (χ0n) is 18.5. The quantitative estimate of drug-likeness (QED) is 0.311. The Balaban J connectivity index is 1.58. The van der Waals surface area contributed by atoms with Crippen molar-refractivity contribution in [2.45, 2.75) is 26.4 Å². The van der Waals surface area contributed by atoms with E-state index < -0.39 is 0 Å². The van der Waals surface area contributed by atoms with Crippen molar-refractivity contribution in [3.05, 3.63) is 87.9 Å². The van der Waals surface area contributed by atoms with Gasteiger partial charge in [-0.25, -0.2) is 0 Å². The zero-order valence-corrected chi connectivity index (χ0v) is 20.9. The molecule has 1 atom stereocenters. The van der Waals surface area contributed by atoms with Crippen LogP contribution in [-0.4, -0.2) is 23.0 Å². The molecule has 6 nitrogen and oxygen atoms in total. The van der Waals surface area contributed by atoms with Gasteiger partial charge in [-0.2, -0.15) is 0 Å². The molecule has 0 aliphatic rings. The van der Waals surface area contributed by atoms with E-state index in [1.54, 1.807) is 60.7 Å². The van der Waals surface area contributed by atoms with E-state index in [1.807, 2.05) is 13.8 Å². The van der Waals surface area contributed by atoms with Crippen LogP contribution in [0.1, 0.15) is 41.0 Å². The van der Waals surface area contributed by atoms with Gasteiger partial charge in [0.15, 0.2) is 5.11 Å². The van der Waals surface area contributed by atoms with Gasteiger partial charge in [0.2, 0.25) is 0 Å². The van der Waals surface area contributed by atoms with Gasteiger partial charge in [0.05, 0.1) is 16.7 Å². The summed E-state index contributed by atoms with van der Waals surface area (Å²) in [5, 5.41) is 9.17.